The summed E-state index contributed by atoms with van der Waals surface area (Å²) < 4.78 is 42.1. The summed E-state index contributed by atoms with van der Waals surface area (Å²) in [5.41, 5.74) is 0.633. The van der Waals surface area contributed by atoms with Crippen molar-refractivity contribution in [2.24, 2.45) is 5.92 Å². The van der Waals surface area contributed by atoms with E-state index in [2.05, 4.69) is 5.32 Å². The molecule has 0 aromatic heterocycles. The highest BCUT2D eigenvalue weighted by atomic mass is 35.5. The first kappa shape index (κ1) is 31.4. The van der Waals surface area contributed by atoms with Gasteiger partial charge >= 0.3 is 0 Å². The first-order chi connectivity index (χ1) is 18.9. The Bertz CT molecular complexity index is 1420. The van der Waals surface area contributed by atoms with Gasteiger partial charge in [0.2, 0.25) is 11.8 Å². The third-order valence-corrected chi connectivity index (χ3v) is 8.44. The number of anilines is 1. The Balaban J connectivity index is 2.06. The summed E-state index contributed by atoms with van der Waals surface area (Å²) >= 11 is 12.5. The fraction of sp³-hybridized carbons (Fsp3) is 0.310. The van der Waals surface area contributed by atoms with E-state index in [0.29, 0.717) is 17.1 Å². The van der Waals surface area contributed by atoms with Crippen LogP contribution < -0.4 is 9.62 Å². The Morgan fingerprint density at radius 1 is 0.975 bits per heavy atom. The zero-order valence-corrected chi connectivity index (χ0v) is 24.8. The quantitative estimate of drug-likeness (QED) is 0.277. The summed E-state index contributed by atoms with van der Waals surface area (Å²) in [5, 5.41) is 3.19. The van der Waals surface area contributed by atoms with E-state index in [1.165, 1.54) is 59.5 Å². The van der Waals surface area contributed by atoms with Gasteiger partial charge in [-0.2, -0.15) is 0 Å². The van der Waals surface area contributed by atoms with Crippen LogP contribution in [0, 0.1) is 11.7 Å². The predicted octanol–water partition coefficient (Wildman–Crippen LogP) is 5.91. The molecule has 7 nitrogen and oxygen atoms in total. The van der Waals surface area contributed by atoms with Crippen LogP contribution in [0.3, 0.4) is 0 Å². The molecule has 2 amide bonds. The fourth-order valence-corrected chi connectivity index (χ4v) is 6.06. The highest BCUT2D eigenvalue weighted by molar-refractivity contribution is 7.92. The standard InChI is InChI=1S/C29H32Cl2FN3O4S/c1-4-26(29(37)33-17-20(2)3)34(18-21-10-13-23(32)14-11-21)28(36)19-35(27-15-12-22(30)16-25(27)31)40(38,39)24-8-6-5-7-9-24/h5-16,20,26H,4,17-19H2,1-3H3,(H,33,37)/t26-/m0/s1. The molecule has 0 saturated carbocycles. The van der Waals surface area contributed by atoms with Crippen molar-refractivity contribution in [3.63, 3.8) is 0 Å². The molecular weight excluding hydrogens is 576 g/mol. The molecule has 3 rings (SSSR count). The van der Waals surface area contributed by atoms with Gasteiger partial charge in [-0.25, -0.2) is 12.8 Å². The number of carbonyl (C=O) groups is 2. The van der Waals surface area contributed by atoms with Crippen LogP contribution in [-0.2, 0) is 26.2 Å². The monoisotopic (exact) mass is 607 g/mol. The number of benzene rings is 3. The molecule has 0 saturated heterocycles. The summed E-state index contributed by atoms with van der Waals surface area (Å²) in [7, 11) is -4.26. The van der Waals surface area contributed by atoms with Gasteiger partial charge in [-0.1, -0.05) is 74.3 Å². The van der Waals surface area contributed by atoms with Crippen molar-refractivity contribution < 1.29 is 22.4 Å². The maximum Gasteiger partial charge on any atom is 0.264 e. The molecule has 0 aliphatic carbocycles. The Morgan fingerprint density at radius 2 is 1.62 bits per heavy atom. The molecule has 3 aromatic carbocycles. The van der Waals surface area contributed by atoms with E-state index >= 15 is 0 Å². The second-order valence-corrected chi connectivity index (χ2v) is 12.3. The smallest absolute Gasteiger partial charge is 0.264 e. The molecule has 0 aliphatic rings. The van der Waals surface area contributed by atoms with Crippen molar-refractivity contribution in [2.45, 2.75) is 44.7 Å². The third-order valence-electron chi connectivity index (χ3n) is 6.13. The summed E-state index contributed by atoms with van der Waals surface area (Å²) in [5.74, 6) is -1.27. The van der Waals surface area contributed by atoms with E-state index in [1.54, 1.807) is 25.1 Å². The summed E-state index contributed by atoms with van der Waals surface area (Å²) in [4.78, 5) is 28.5. The first-order valence-corrected chi connectivity index (χ1v) is 15.0. The lowest BCUT2D eigenvalue weighted by Gasteiger charge is -2.33. The van der Waals surface area contributed by atoms with Crippen molar-refractivity contribution in [3.05, 3.63) is 94.2 Å². The van der Waals surface area contributed by atoms with Crippen molar-refractivity contribution >= 4 is 50.7 Å². The molecule has 1 atom stereocenters. The van der Waals surface area contributed by atoms with E-state index in [0.717, 1.165) is 4.31 Å². The number of sulfonamides is 1. The SMILES string of the molecule is CC[C@@H](C(=O)NCC(C)C)N(Cc1ccc(F)cc1)C(=O)CN(c1ccc(Cl)cc1Cl)S(=O)(=O)c1ccccc1. The molecular formula is C29H32Cl2FN3O4S. The van der Waals surface area contributed by atoms with Gasteiger partial charge in [-0.3, -0.25) is 13.9 Å². The molecule has 3 aromatic rings. The molecule has 0 fully saturated rings. The number of amides is 2. The van der Waals surface area contributed by atoms with E-state index in [9.17, 15) is 22.4 Å². The van der Waals surface area contributed by atoms with Crippen LogP contribution in [0.2, 0.25) is 10.0 Å². The van der Waals surface area contributed by atoms with Gasteiger partial charge < -0.3 is 10.2 Å². The predicted molar refractivity (Wildman–Crippen MR) is 156 cm³/mol. The van der Waals surface area contributed by atoms with Gasteiger partial charge in [-0.05, 0) is 60.4 Å². The normalized spacial score (nSPS) is 12.2. The van der Waals surface area contributed by atoms with Crippen LogP contribution >= 0.6 is 23.2 Å². The number of carbonyl (C=O) groups excluding carboxylic acids is 2. The first-order valence-electron chi connectivity index (χ1n) is 12.8. The summed E-state index contributed by atoms with van der Waals surface area (Å²) in [6.45, 7) is 5.38. The number of rotatable bonds is 12. The van der Waals surface area contributed by atoms with E-state index in [-0.39, 0.29) is 40.4 Å². The van der Waals surface area contributed by atoms with Crippen molar-refractivity contribution in [1.82, 2.24) is 10.2 Å². The second kappa shape index (κ2) is 14.0. The Labute approximate surface area is 244 Å². The number of halogens is 3. The zero-order chi connectivity index (χ0) is 29.4. The molecule has 11 heteroatoms. The highest BCUT2D eigenvalue weighted by Gasteiger charge is 2.34. The molecule has 0 bridgehead atoms. The van der Waals surface area contributed by atoms with Crippen LogP contribution in [0.1, 0.15) is 32.8 Å². The van der Waals surface area contributed by atoms with E-state index in [1.807, 2.05) is 13.8 Å². The topological polar surface area (TPSA) is 86.8 Å². The van der Waals surface area contributed by atoms with Crippen LogP contribution in [0.5, 0.6) is 0 Å². The van der Waals surface area contributed by atoms with Crippen LogP contribution in [0.25, 0.3) is 0 Å². The van der Waals surface area contributed by atoms with Gasteiger partial charge in [0.05, 0.1) is 15.6 Å². The summed E-state index contributed by atoms with van der Waals surface area (Å²) in [6, 6.07) is 16.6. The number of nitrogens with one attached hydrogen (secondary N) is 1. The molecule has 0 spiro atoms. The Morgan fingerprint density at radius 3 is 2.20 bits per heavy atom. The molecule has 0 unspecified atom stereocenters. The lowest BCUT2D eigenvalue weighted by atomic mass is 10.1. The minimum absolute atomic E-state index is 0.0339. The van der Waals surface area contributed by atoms with Gasteiger partial charge in [0.25, 0.3) is 10.0 Å². The highest BCUT2D eigenvalue weighted by Crippen LogP contribution is 2.33. The molecule has 0 heterocycles. The average molecular weight is 609 g/mol. The van der Waals surface area contributed by atoms with E-state index in [4.69, 9.17) is 23.2 Å². The number of hydrogen-bond acceptors (Lipinski definition) is 4. The van der Waals surface area contributed by atoms with Crippen molar-refractivity contribution in [1.29, 1.82) is 0 Å². The lowest BCUT2D eigenvalue weighted by molar-refractivity contribution is -0.140. The number of hydrogen-bond donors (Lipinski definition) is 1. The van der Waals surface area contributed by atoms with Gasteiger partial charge in [0, 0.05) is 18.1 Å². The van der Waals surface area contributed by atoms with Crippen LogP contribution in [-0.4, -0.2) is 44.3 Å². The maximum atomic E-state index is 14.0. The molecule has 1 N–H and O–H groups in total. The molecule has 0 aliphatic heterocycles. The molecule has 0 radical (unpaired) electrons. The van der Waals surface area contributed by atoms with Crippen LogP contribution in [0.15, 0.2) is 77.7 Å². The average Bonchev–Trinajstić information content (AvgIpc) is 2.92. The maximum absolute atomic E-state index is 14.0. The molecule has 214 valence electrons. The largest absolute Gasteiger partial charge is 0.354 e. The van der Waals surface area contributed by atoms with Gasteiger partial charge in [-0.15, -0.1) is 0 Å². The third kappa shape index (κ3) is 7.96. The Kier molecular flexibility index (Phi) is 11.0. The number of nitrogens with zero attached hydrogens (tertiary/aromatic N) is 2. The zero-order valence-electron chi connectivity index (χ0n) is 22.5. The minimum Gasteiger partial charge on any atom is -0.354 e. The summed E-state index contributed by atoms with van der Waals surface area (Å²) in [6.07, 6.45) is 0.268. The van der Waals surface area contributed by atoms with Crippen molar-refractivity contribution in [2.75, 3.05) is 17.4 Å². The molecule has 40 heavy (non-hydrogen) atoms. The van der Waals surface area contributed by atoms with Gasteiger partial charge in [0.1, 0.15) is 18.4 Å². The van der Waals surface area contributed by atoms with E-state index < -0.39 is 34.3 Å². The fourth-order valence-electron chi connectivity index (χ4n) is 4.05. The second-order valence-electron chi connectivity index (χ2n) is 9.63. The van der Waals surface area contributed by atoms with Crippen molar-refractivity contribution in [3.8, 4) is 0 Å². The lowest BCUT2D eigenvalue weighted by Crippen LogP contribution is -2.52. The van der Waals surface area contributed by atoms with Gasteiger partial charge in [0.15, 0.2) is 0 Å². The Hall–Kier alpha value is -3.14. The van der Waals surface area contributed by atoms with Crippen LogP contribution in [0.4, 0.5) is 10.1 Å². The minimum atomic E-state index is -4.26.